The Kier molecular flexibility index (Phi) is 7.76. The lowest BCUT2D eigenvalue weighted by Crippen LogP contribution is -2.38. The number of hydrogen-bond acceptors (Lipinski definition) is 3. The molecule has 1 saturated heterocycles. The van der Waals surface area contributed by atoms with Gasteiger partial charge in [0.25, 0.3) is 11.8 Å². The standard InChI is InChI=1S/C35H30F4N4O/c1-3-7-24-18-28(29(37)20-31(24)40-27-9-6-8-25(19-27)35(2,38)39)34(44)42-14-12-23(13-15-42)33-41-30-10-4-5-11-32(30)43(33)21-22-16-26(36)17-22/h4-11,18-20,23,40H,1,12-16,21H2,2H3. The molecular weight excluding hydrogens is 568 g/mol. The van der Waals surface area contributed by atoms with E-state index in [1.54, 1.807) is 11.0 Å². The molecule has 6 rings (SSSR count). The Morgan fingerprint density at radius 1 is 1.14 bits per heavy atom. The number of halogens is 4. The predicted molar refractivity (Wildman–Crippen MR) is 163 cm³/mol. The normalized spacial score (nSPS) is 15.3. The number of aromatic nitrogens is 2. The zero-order valence-electron chi connectivity index (χ0n) is 24.1. The summed E-state index contributed by atoms with van der Waals surface area (Å²) >= 11 is 0. The molecule has 1 aliphatic carbocycles. The zero-order chi connectivity index (χ0) is 31.0. The quantitative estimate of drug-likeness (QED) is 0.163. The molecule has 44 heavy (non-hydrogen) atoms. The van der Waals surface area contributed by atoms with Crippen molar-refractivity contribution in [1.29, 1.82) is 0 Å². The monoisotopic (exact) mass is 598 g/mol. The molecule has 0 spiro atoms. The summed E-state index contributed by atoms with van der Waals surface area (Å²) in [6, 6.07) is 16.2. The average Bonchev–Trinajstić information content (AvgIpc) is 3.35. The molecule has 3 aromatic carbocycles. The van der Waals surface area contributed by atoms with Gasteiger partial charge in [-0.15, -0.1) is 5.73 Å². The van der Waals surface area contributed by atoms with Gasteiger partial charge in [-0.3, -0.25) is 4.79 Å². The number of benzene rings is 3. The van der Waals surface area contributed by atoms with Crippen LogP contribution in [0.2, 0.25) is 0 Å². The molecule has 0 unspecified atom stereocenters. The Morgan fingerprint density at radius 2 is 1.89 bits per heavy atom. The molecule has 0 atom stereocenters. The van der Waals surface area contributed by atoms with Crippen LogP contribution in [0.3, 0.4) is 0 Å². The van der Waals surface area contributed by atoms with Crippen LogP contribution in [0.4, 0.5) is 28.9 Å². The first-order valence-corrected chi connectivity index (χ1v) is 14.4. The van der Waals surface area contributed by atoms with Crippen LogP contribution in [0, 0.1) is 5.82 Å². The van der Waals surface area contributed by atoms with E-state index in [-0.39, 0.29) is 22.9 Å². The summed E-state index contributed by atoms with van der Waals surface area (Å²) in [7, 11) is 0. The Hall–Kier alpha value is -4.84. The molecule has 2 aliphatic rings. The second-order valence-electron chi connectivity index (χ2n) is 11.3. The minimum Gasteiger partial charge on any atom is -0.355 e. The number of carbonyl (C=O) groups is 1. The number of nitrogens with zero attached hydrogens (tertiary/aromatic N) is 3. The van der Waals surface area contributed by atoms with Crippen molar-refractivity contribution in [2.24, 2.45) is 0 Å². The van der Waals surface area contributed by atoms with Gasteiger partial charge in [0.05, 0.1) is 23.1 Å². The van der Waals surface area contributed by atoms with Gasteiger partial charge in [0.1, 0.15) is 17.5 Å². The number of likely N-dealkylation sites (tertiary alicyclic amines) is 1. The maximum atomic E-state index is 15.4. The number of fused-ring (bicyclic) bond motifs is 1. The van der Waals surface area contributed by atoms with Crippen LogP contribution in [-0.4, -0.2) is 33.4 Å². The molecule has 0 bridgehead atoms. The summed E-state index contributed by atoms with van der Waals surface area (Å²) in [5.74, 6) is -3.47. The predicted octanol–water partition coefficient (Wildman–Crippen LogP) is 8.63. The summed E-state index contributed by atoms with van der Waals surface area (Å²) in [5.41, 5.74) is 8.92. The molecule has 9 heteroatoms. The van der Waals surface area contributed by atoms with Gasteiger partial charge >= 0.3 is 0 Å². The summed E-state index contributed by atoms with van der Waals surface area (Å²) < 4.78 is 58.6. The van der Waals surface area contributed by atoms with Gasteiger partial charge < -0.3 is 14.8 Å². The molecule has 0 saturated carbocycles. The second-order valence-corrected chi connectivity index (χ2v) is 11.3. The molecular formula is C35H30F4N4O. The third-order valence-corrected chi connectivity index (χ3v) is 8.14. The fraction of sp³-hybridized carbons (Fsp3) is 0.257. The van der Waals surface area contributed by atoms with Gasteiger partial charge in [0.15, 0.2) is 0 Å². The SMILES string of the molecule is C=C=Cc1cc(C(=O)N2CCC(c3nc4ccccc4n3CC3=C=C(F)C3)CC2)c(F)cc1Nc1cccc(C(C)(F)F)c1. The number of hydrogen-bond donors (Lipinski definition) is 1. The van der Waals surface area contributed by atoms with E-state index >= 15 is 4.39 Å². The van der Waals surface area contributed by atoms with Crippen molar-refractivity contribution >= 4 is 34.4 Å². The van der Waals surface area contributed by atoms with Crippen LogP contribution in [0.5, 0.6) is 0 Å². The van der Waals surface area contributed by atoms with Gasteiger partial charge in [0.2, 0.25) is 0 Å². The van der Waals surface area contributed by atoms with Crippen LogP contribution >= 0.6 is 0 Å². The van der Waals surface area contributed by atoms with E-state index in [4.69, 9.17) is 4.98 Å². The van der Waals surface area contributed by atoms with Gasteiger partial charge in [-0.25, -0.2) is 22.5 Å². The van der Waals surface area contributed by atoms with Gasteiger partial charge in [-0.05, 0) is 55.3 Å². The topological polar surface area (TPSA) is 50.2 Å². The number of amides is 1. The lowest BCUT2D eigenvalue weighted by molar-refractivity contribution is 0.0175. The van der Waals surface area contributed by atoms with E-state index in [2.05, 4.69) is 27.9 Å². The van der Waals surface area contributed by atoms with E-state index in [1.807, 2.05) is 24.3 Å². The molecule has 1 N–H and O–H groups in total. The van der Waals surface area contributed by atoms with Gasteiger partial charge in [-0.1, -0.05) is 36.6 Å². The van der Waals surface area contributed by atoms with Crippen LogP contribution in [0.1, 0.15) is 59.4 Å². The fourth-order valence-electron chi connectivity index (χ4n) is 5.85. The minimum atomic E-state index is -3.03. The molecule has 1 aromatic heterocycles. The second kappa shape index (κ2) is 11.7. The molecule has 1 fully saturated rings. The Morgan fingerprint density at radius 3 is 2.59 bits per heavy atom. The summed E-state index contributed by atoms with van der Waals surface area (Å²) in [6.07, 6.45) is 3.07. The van der Waals surface area contributed by atoms with Crippen molar-refractivity contribution < 1.29 is 22.4 Å². The number of imidazole rings is 1. The third kappa shape index (κ3) is 5.85. The molecule has 2 heterocycles. The number of rotatable bonds is 8. The Labute approximate surface area is 252 Å². The largest absolute Gasteiger partial charge is 0.355 e. The lowest BCUT2D eigenvalue weighted by Gasteiger charge is -2.32. The number of para-hydroxylation sites is 2. The van der Waals surface area contributed by atoms with Crippen molar-refractivity contribution in [2.75, 3.05) is 18.4 Å². The first kappa shape index (κ1) is 29.2. The van der Waals surface area contributed by atoms with E-state index in [0.717, 1.165) is 29.4 Å². The highest BCUT2D eigenvalue weighted by Gasteiger charge is 2.30. The number of anilines is 2. The van der Waals surface area contributed by atoms with Crippen molar-refractivity contribution in [3.63, 3.8) is 0 Å². The van der Waals surface area contributed by atoms with E-state index in [9.17, 15) is 18.0 Å². The maximum Gasteiger partial charge on any atom is 0.270 e. The van der Waals surface area contributed by atoms with E-state index in [1.165, 1.54) is 36.4 Å². The van der Waals surface area contributed by atoms with Crippen molar-refractivity contribution in [2.45, 2.75) is 44.6 Å². The summed E-state index contributed by atoms with van der Waals surface area (Å²) in [4.78, 5) is 20.1. The highest BCUT2D eigenvalue weighted by Crippen LogP contribution is 2.35. The number of nitrogens with one attached hydrogen (secondary N) is 1. The summed E-state index contributed by atoms with van der Waals surface area (Å²) in [5, 5.41) is 2.99. The summed E-state index contributed by atoms with van der Waals surface area (Å²) in [6.45, 7) is 5.74. The highest BCUT2D eigenvalue weighted by molar-refractivity contribution is 5.96. The van der Waals surface area contributed by atoms with E-state index < -0.39 is 17.6 Å². The zero-order valence-corrected chi connectivity index (χ0v) is 24.1. The van der Waals surface area contributed by atoms with Crippen LogP contribution in [0.25, 0.3) is 17.1 Å². The first-order chi connectivity index (χ1) is 21.1. The molecule has 1 aliphatic heterocycles. The molecule has 1 amide bonds. The fourth-order valence-corrected chi connectivity index (χ4v) is 5.85. The van der Waals surface area contributed by atoms with Crippen LogP contribution in [-0.2, 0) is 12.5 Å². The van der Waals surface area contributed by atoms with Crippen LogP contribution in [0.15, 0.2) is 90.1 Å². The average molecular weight is 599 g/mol. The number of allylic oxidation sites excluding steroid dienone is 1. The Bertz CT molecular complexity index is 1880. The highest BCUT2D eigenvalue weighted by atomic mass is 19.3. The smallest absolute Gasteiger partial charge is 0.270 e. The molecule has 224 valence electrons. The third-order valence-electron chi connectivity index (χ3n) is 8.14. The molecule has 5 nitrogen and oxygen atoms in total. The maximum absolute atomic E-state index is 15.4. The number of alkyl halides is 2. The lowest BCUT2D eigenvalue weighted by atomic mass is 9.94. The van der Waals surface area contributed by atoms with Gasteiger partial charge in [-0.2, -0.15) is 0 Å². The van der Waals surface area contributed by atoms with Crippen molar-refractivity contribution in [3.05, 3.63) is 118 Å². The van der Waals surface area contributed by atoms with Crippen molar-refractivity contribution in [1.82, 2.24) is 14.5 Å². The first-order valence-electron chi connectivity index (χ1n) is 14.4. The van der Waals surface area contributed by atoms with Gasteiger partial charge in [0, 0.05) is 60.4 Å². The molecule has 0 radical (unpaired) electrons. The number of carbonyl (C=O) groups excluding carboxylic acids is 1. The minimum absolute atomic E-state index is 0.0721. The van der Waals surface area contributed by atoms with Crippen LogP contribution < -0.4 is 5.32 Å². The Balaban J connectivity index is 1.21. The van der Waals surface area contributed by atoms with E-state index in [0.29, 0.717) is 55.8 Å². The van der Waals surface area contributed by atoms with Crippen molar-refractivity contribution in [3.8, 4) is 0 Å². The number of piperidine rings is 1. The molecule has 4 aromatic rings.